The summed E-state index contributed by atoms with van der Waals surface area (Å²) >= 11 is 0. The molecule has 0 aliphatic carbocycles. The maximum atomic E-state index is 12.9. The van der Waals surface area contributed by atoms with Crippen molar-refractivity contribution in [2.45, 2.75) is 238 Å². The van der Waals surface area contributed by atoms with Crippen LogP contribution in [0.4, 0.5) is 0 Å². The van der Waals surface area contributed by atoms with E-state index in [-0.39, 0.29) is 26.1 Å². The fourth-order valence-corrected chi connectivity index (χ4v) is 9.48. The molecule has 0 spiro atoms. The first-order chi connectivity index (χ1) is 46.0. The molecule has 0 radical (unpaired) electrons. The molecule has 2 unspecified atom stereocenters. The summed E-state index contributed by atoms with van der Waals surface area (Å²) in [6, 6.07) is 0. The van der Waals surface area contributed by atoms with Gasteiger partial charge < -0.3 is 18.9 Å². The number of carbonyl (C=O) groups is 2. The molecule has 0 fully saturated rings. The number of hydrogen-bond acceptors (Lipinski definition) is 7. The molecular formula is C84H131NO8P+. The van der Waals surface area contributed by atoms with Crippen molar-refractivity contribution in [3.63, 3.8) is 0 Å². The van der Waals surface area contributed by atoms with Crippen molar-refractivity contribution in [3.05, 3.63) is 231 Å². The number of phosphoric acid groups is 1. The summed E-state index contributed by atoms with van der Waals surface area (Å²) in [6.07, 6.45) is 116. The molecule has 0 saturated heterocycles. The maximum absolute atomic E-state index is 12.9. The molecule has 0 rings (SSSR count). The predicted molar refractivity (Wildman–Crippen MR) is 407 cm³/mol. The van der Waals surface area contributed by atoms with Gasteiger partial charge in [0.05, 0.1) is 27.7 Å². The minimum atomic E-state index is -4.42. The lowest BCUT2D eigenvalue weighted by Crippen LogP contribution is -2.37. The summed E-state index contributed by atoms with van der Waals surface area (Å²) < 4.78 is 34.7. The van der Waals surface area contributed by atoms with E-state index >= 15 is 0 Å². The standard InChI is InChI=1S/C84H130NO8P/c1-6-8-10-12-14-16-18-20-22-24-26-28-30-32-34-36-38-40-41-42-43-45-47-49-51-53-55-57-59-61-63-65-67-69-71-73-75-77-84(87)93-82(81-92-94(88,89)91-79-78-85(3,4)5)80-90-83(86)76-74-72-70-68-66-64-62-60-58-56-54-52-50-48-46-44-39-37-35-33-31-29-27-25-23-21-19-17-15-13-11-9-7-2/h8-11,14-17,20-23,26-29,32-35,38-40,42-44,47-50,53-56,59-62,82H,6-7,12-13,18-19,24-25,30-31,36-37,41,45-46,51-52,57-58,63-81H2,1-5H3/p+1/b10-8-,11-9-,16-14-,17-15-,22-20-,23-21-,28-26-,29-27-,34-32-,35-33-,40-38-,43-42-,44-39-,49-47-,50-48-,55-53-,56-54-,61-59-,62-60-. The van der Waals surface area contributed by atoms with Crippen LogP contribution >= 0.6 is 7.82 Å². The molecule has 1 N–H and O–H groups in total. The van der Waals surface area contributed by atoms with Gasteiger partial charge in [0, 0.05) is 12.8 Å². The van der Waals surface area contributed by atoms with Crippen molar-refractivity contribution in [2.24, 2.45) is 0 Å². The third-order valence-electron chi connectivity index (χ3n) is 14.2. The van der Waals surface area contributed by atoms with E-state index in [4.69, 9.17) is 18.5 Å². The van der Waals surface area contributed by atoms with Crippen molar-refractivity contribution in [2.75, 3.05) is 47.5 Å². The van der Waals surface area contributed by atoms with Crippen molar-refractivity contribution in [1.82, 2.24) is 0 Å². The van der Waals surface area contributed by atoms with E-state index in [1.165, 1.54) is 0 Å². The summed E-state index contributed by atoms with van der Waals surface area (Å²) in [6.45, 7) is 4.13. The third-order valence-corrected chi connectivity index (χ3v) is 15.2. The van der Waals surface area contributed by atoms with E-state index in [1.807, 2.05) is 21.1 Å². The van der Waals surface area contributed by atoms with E-state index in [0.29, 0.717) is 23.9 Å². The number of rotatable bonds is 63. The normalized spacial score (nSPS) is 14.5. The highest BCUT2D eigenvalue weighted by molar-refractivity contribution is 7.47. The number of carbonyl (C=O) groups excluding carboxylic acids is 2. The van der Waals surface area contributed by atoms with Crippen molar-refractivity contribution >= 4 is 19.8 Å². The topological polar surface area (TPSA) is 108 Å². The van der Waals surface area contributed by atoms with E-state index in [9.17, 15) is 19.0 Å². The summed E-state index contributed by atoms with van der Waals surface area (Å²) in [5.74, 6) is -0.856. The van der Waals surface area contributed by atoms with Gasteiger partial charge in [-0.1, -0.05) is 290 Å². The molecule has 0 amide bonds. The third kappa shape index (κ3) is 75.1. The van der Waals surface area contributed by atoms with Gasteiger partial charge >= 0.3 is 19.8 Å². The molecule has 0 aromatic carbocycles. The van der Waals surface area contributed by atoms with Crippen molar-refractivity contribution < 1.29 is 42.1 Å². The summed E-state index contributed by atoms with van der Waals surface area (Å²) in [5, 5.41) is 0. The molecule has 524 valence electrons. The quantitative estimate of drug-likeness (QED) is 0.0211. The smallest absolute Gasteiger partial charge is 0.462 e. The van der Waals surface area contributed by atoms with Crippen LogP contribution in [0, 0.1) is 0 Å². The average Bonchev–Trinajstić information content (AvgIpc) is 1.56. The highest BCUT2D eigenvalue weighted by atomic mass is 31.2. The van der Waals surface area contributed by atoms with Gasteiger partial charge in [-0.15, -0.1) is 0 Å². The second-order valence-electron chi connectivity index (χ2n) is 24.2. The number of likely N-dealkylation sites (N-methyl/N-ethyl adjacent to an activating group) is 1. The van der Waals surface area contributed by atoms with E-state index in [0.717, 1.165) is 193 Å². The number of esters is 2. The lowest BCUT2D eigenvalue weighted by atomic mass is 10.1. The molecule has 0 aromatic heterocycles. The molecule has 10 heteroatoms. The molecule has 94 heavy (non-hydrogen) atoms. The first kappa shape index (κ1) is 88.1. The van der Waals surface area contributed by atoms with Gasteiger partial charge in [0.2, 0.25) is 0 Å². The van der Waals surface area contributed by atoms with Crippen molar-refractivity contribution in [3.8, 4) is 0 Å². The Morgan fingerprint density at radius 3 is 0.851 bits per heavy atom. The van der Waals surface area contributed by atoms with Crippen LogP contribution in [0.3, 0.4) is 0 Å². The Bertz CT molecular complexity index is 2440. The number of unbranched alkanes of at least 4 members (excludes halogenated alkanes) is 11. The summed E-state index contributed by atoms with van der Waals surface area (Å²) in [4.78, 5) is 35.9. The predicted octanol–water partition coefficient (Wildman–Crippen LogP) is 24.2. The zero-order chi connectivity index (χ0) is 68.3. The lowest BCUT2D eigenvalue weighted by molar-refractivity contribution is -0.870. The van der Waals surface area contributed by atoms with Gasteiger partial charge in [-0.25, -0.2) is 4.57 Å². The molecule has 0 aromatic rings. The Morgan fingerprint density at radius 1 is 0.330 bits per heavy atom. The first-order valence-corrected chi connectivity index (χ1v) is 37.6. The van der Waals surface area contributed by atoms with Gasteiger partial charge in [0.15, 0.2) is 6.10 Å². The van der Waals surface area contributed by atoms with Gasteiger partial charge in [-0.2, -0.15) is 0 Å². The minimum Gasteiger partial charge on any atom is -0.462 e. The van der Waals surface area contributed by atoms with E-state index in [1.54, 1.807) is 0 Å². The van der Waals surface area contributed by atoms with Gasteiger partial charge in [0.25, 0.3) is 0 Å². The van der Waals surface area contributed by atoms with Gasteiger partial charge in [-0.05, 0) is 161 Å². The summed E-state index contributed by atoms with van der Waals surface area (Å²) in [7, 11) is 1.42. The SMILES string of the molecule is CC/C=C\C/C=C\C/C=C\C/C=C\C/C=C\C/C=C\C/C=C\C/C=C\C/C=C\C/C=C\CCCCCCCCC(=O)OC(COC(=O)CCCCCCC/C=C\C/C=C\C/C=C\C/C=C\C/C=C\C/C=C\C/C=C\C/C=C\C/C=C\CC)COP(=O)(O)OCC[N+](C)(C)C. The van der Waals surface area contributed by atoms with E-state index in [2.05, 4.69) is 245 Å². The number of quaternary nitrogens is 1. The Morgan fingerprint density at radius 2 is 0.574 bits per heavy atom. The molecule has 0 heterocycles. The first-order valence-electron chi connectivity index (χ1n) is 36.1. The van der Waals surface area contributed by atoms with Gasteiger partial charge in [0.1, 0.15) is 19.8 Å². The van der Waals surface area contributed by atoms with Crippen LogP contribution in [-0.2, 0) is 32.7 Å². The summed E-state index contributed by atoms with van der Waals surface area (Å²) in [5.41, 5.74) is 0. The van der Waals surface area contributed by atoms with Crippen LogP contribution in [0.5, 0.6) is 0 Å². The molecule has 0 saturated carbocycles. The second kappa shape index (κ2) is 71.4. The Labute approximate surface area is 575 Å². The van der Waals surface area contributed by atoms with Gasteiger partial charge in [-0.3, -0.25) is 18.6 Å². The monoisotopic (exact) mass is 1310 g/mol. The van der Waals surface area contributed by atoms with Crippen LogP contribution in [0.1, 0.15) is 232 Å². The van der Waals surface area contributed by atoms with E-state index < -0.39 is 32.5 Å². The highest BCUT2D eigenvalue weighted by Gasteiger charge is 2.27. The zero-order valence-corrected chi connectivity index (χ0v) is 60.5. The van der Waals surface area contributed by atoms with Crippen LogP contribution in [0.15, 0.2) is 231 Å². The molecule has 0 aliphatic rings. The molecule has 0 bridgehead atoms. The number of allylic oxidation sites excluding steroid dienone is 38. The zero-order valence-electron chi connectivity index (χ0n) is 59.6. The number of phosphoric ester groups is 1. The largest absolute Gasteiger partial charge is 0.472 e. The van der Waals surface area contributed by atoms with Crippen LogP contribution in [0.2, 0.25) is 0 Å². The minimum absolute atomic E-state index is 0.0113. The molecule has 9 nitrogen and oxygen atoms in total. The second-order valence-corrected chi connectivity index (χ2v) is 25.6. The Hall–Kier alpha value is -5.93. The maximum Gasteiger partial charge on any atom is 0.472 e. The van der Waals surface area contributed by atoms with Crippen molar-refractivity contribution in [1.29, 1.82) is 0 Å². The number of hydrogen-bond donors (Lipinski definition) is 1. The van der Waals surface area contributed by atoms with Crippen LogP contribution < -0.4 is 0 Å². The Balaban J connectivity index is 4.23. The lowest BCUT2D eigenvalue weighted by Gasteiger charge is -2.24. The van der Waals surface area contributed by atoms with Crippen LogP contribution in [-0.4, -0.2) is 74.9 Å². The van der Waals surface area contributed by atoms with Crippen LogP contribution in [0.25, 0.3) is 0 Å². The fourth-order valence-electron chi connectivity index (χ4n) is 8.74. The average molecular weight is 1310 g/mol. The highest BCUT2D eigenvalue weighted by Crippen LogP contribution is 2.43. The number of nitrogens with zero attached hydrogens (tertiary/aromatic N) is 1. The fraction of sp³-hybridized carbons (Fsp3) is 0.524. The number of ether oxygens (including phenoxy) is 2. The molecule has 0 aliphatic heterocycles. The molecular weight excluding hydrogens is 1180 g/mol. The molecule has 2 atom stereocenters. The Kier molecular flexibility index (Phi) is 66.9.